The molecule has 0 radical (unpaired) electrons. The van der Waals surface area contributed by atoms with Gasteiger partial charge in [0.25, 0.3) is 5.91 Å². The molecule has 13 heteroatoms. The molecule has 1 atom stereocenters. The Morgan fingerprint density at radius 1 is 1.06 bits per heavy atom. The second kappa shape index (κ2) is 13.3. The van der Waals surface area contributed by atoms with Crippen molar-refractivity contribution in [3.05, 3.63) is 88.6 Å². The zero-order chi connectivity index (χ0) is 32.5. The summed E-state index contributed by atoms with van der Waals surface area (Å²) in [6.45, 7) is 12.2. The van der Waals surface area contributed by atoms with Gasteiger partial charge in [-0.1, -0.05) is 6.92 Å². The first-order chi connectivity index (χ1) is 22.8. The first-order valence-corrected chi connectivity index (χ1v) is 16.6. The molecule has 6 heterocycles. The number of nitrogens with zero attached hydrogens (tertiary/aromatic N) is 5. The summed E-state index contributed by atoms with van der Waals surface area (Å²) >= 11 is 0. The number of anilines is 1. The fraction of sp³-hybridized carbons (Fsp3) is 0.471. The van der Waals surface area contributed by atoms with E-state index in [-0.39, 0.29) is 11.7 Å². The van der Waals surface area contributed by atoms with E-state index in [9.17, 15) is 13.6 Å². The number of piperidine rings is 1. The molecule has 1 aromatic carbocycles. The zero-order valence-corrected chi connectivity index (χ0v) is 27.0. The van der Waals surface area contributed by atoms with Gasteiger partial charge in [0.2, 0.25) is 0 Å². The van der Waals surface area contributed by atoms with Crippen molar-refractivity contribution in [2.45, 2.75) is 38.4 Å². The molecular formula is C34H43F2N9O2. The van der Waals surface area contributed by atoms with Crippen LogP contribution in [0.15, 0.2) is 65.8 Å². The highest BCUT2D eigenvalue weighted by atomic mass is 19.1. The molecule has 5 aliphatic rings. The van der Waals surface area contributed by atoms with Crippen LogP contribution in [-0.4, -0.2) is 103 Å². The van der Waals surface area contributed by atoms with Crippen molar-refractivity contribution in [2.24, 2.45) is 0 Å². The molecule has 0 spiro atoms. The lowest BCUT2D eigenvalue weighted by Crippen LogP contribution is -2.62. The smallest absolute Gasteiger partial charge is 0.254 e. The molecule has 250 valence electrons. The third-order valence-electron chi connectivity index (χ3n) is 9.89. The number of carbonyl (C=O) groups is 1. The summed E-state index contributed by atoms with van der Waals surface area (Å²) in [5, 5.41) is 5.20. The molecular weight excluding hydrogens is 604 g/mol. The number of hydrazine groups is 2. The van der Waals surface area contributed by atoms with E-state index in [0.717, 1.165) is 85.9 Å². The van der Waals surface area contributed by atoms with E-state index in [0.29, 0.717) is 39.1 Å². The SMILES string of the molecule is CCOC1=CN2NC3NNCC3=C2C(c2ccc(N3CCC(CN4CCN(CC)CC4)(NC(=O)c4cc(F)ccc4F)CC3)nc2)=C1. The van der Waals surface area contributed by atoms with Gasteiger partial charge in [-0.15, -0.1) is 0 Å². The molecule has 11 nitrogen and oxygen atoms in total. The van der Waals surface area contributed by atoms with Crippen molar-refractivity contribution in [3.8, 4) is 0 Å². The number of benzene rings is 1. The van der Waals surface area contributed by atoms with Gasteiger partial charge in [0.1, 0.15) is 29.4 Å². The van der Waals surface area contributed by atoms with Crippen LogP contribution in [0.1, 0.15) is 42.6 Å². The highest BCUT2D eigenvalue weighted by molar-refractivity contribution is 5.95. The predicted octanol–water partition coefficient (Wildman–Crippen LogP) is 2.55. The summed E-state index contributed by atoms with van der Waals surface area (Å²) < 4.78 is 34.5. The topological polar surface area (TPSA) is 100 Å². The van der Waals surface area contributed by atoms with Crippen LogP contribution in [-0.2, 0) is 4.74 Å². The van der Waals surface area contributed by atoms with Crippen LogP contribution >= 0.6 is 0 Å². The Kier molecular flexibility index (Phi) is 8.99. The van der Waals surface area contributed by atoms with Crippen molar-refractivity contribution in [1.82, 2.24) is 41.4 Å². The molecule has 5 aliphatic heterocycles. The van der Waals surface area contributed by atoms with Crippen molar-refractivity contribution in [2.75, 3.05) is 70.4 Å². The molecule has 1 amide bonds. The van der Waals surface area contributed by atoms with Gasteiger partial charge in [0.15, 0.2) is 0 Å². The van der Waals surface area contributed by atoms with E-state index in [2.05, 4.69) is 55.4 Å². The van der Waals surface area contributed by atoms with E-state index in [1.807, 2.05) is 30.4 Å². The number of halogens is 2. The maximum Gasteiger partial charge on any atom is 0.254 e. The van der Waals surface area contributed by atoms with Gasteiger partial charge in [0.05, 0.1) is 29.6 Å². The maximum atomic E-state index is 14.6. The molecule has 2 aromatic rings. The molecule has 0 saturated carbocycles. The van der Waals surface area contributed by atoms with Crippen molar-refractivity contribution < 1.29 is 18.3 Å². The average molecular weight is 648 g/mol. The van der Waals surface area contributed by atoms with E-state index < -0.39 is 23.1 Å². The number of piperazine rings is 1. The number of pyridine rings is 1. The Morgan fingerprint density at radius 2 is 1.85 bits per heavy atom. The second-order valence-electron chi connectivity index (χ2n) is 12.8. The summed E-state index contributed by atoms with van der Waals surface area (Å²) in [6.07, 6.45) is 7.27. The Balaban J connectivity index is 1.08. The quantitative estimate of drug-likeness (QED) is 0.325. The van der Waals surface area contributed by atoms with Crippen LogP contribution in [0.5, 0.6) is 0 Å². The van der Waals surface area contributed by atoms with Gasteiger partial charge >= 0.3 is 0 Å². The summed E-state index contributed by atoms with van der Waals surface area (Å²) in [4.78, 5) is 25.3. The zero-order valence-electron chi connectivity index (χ0n) is 27.0. The number of rotatable bonds is 9. The average Bonchev–Trinajstić information content (AvgIpc) is 3.68. The molecule has 0 bridgehead atoms. The maximum absolute atomic E-state index is 14.6. The van der Waals surface area contributed by atoms with Crippen LogP contribution in [0.3, 0.4) is 0 Å². The lowest BCUT2D eigenvalue weighted by Gasteiger charge is -2.46. The largest absolute Gasteiger partial charge is 0.492 e. The highest BCUT2D eigenvalue weighted by Gasteiger charge is 2.40. The molecule has 7 rings (SSSR count). The third-order valence-corrected chi connectivity index (χ3v) is 9.89. The first-order valence-electron chi connectivity index (χ1n) is 16.6. The fourth-order valence-corrected chi connectivity index (χ4v) is 7.26. The summed E-state index contributed by atoms with van der Waals surface area (Å²) in [5.41, 5.74) is 13.5. The minimum absolute atomic E-state index is 0.0138. The molecule has 3 saturated heterocycles. The molecule has 1 aromatic heterocycles. The number of fused-ring (bicyclic) bond motifs is 2. The van der Waals surface area contributed by atoms with Gasteiger partial charge < -0.3 is 19.9 Å². The first kappa shape index (κ1) is 31.7. The molecule has 1 unspecified atom stereocenters. The predicted molar refractivity (Wildman–Crippen MR) is 175 cm³/mol. The summed E-state index contributed by atoms with van der Waals surface area (Å²) in [7, 11) is 0. The molecule has 0 aliphatic carbocycles. The number of aromatic nitrogens is 1. The van der Waals surface area contributed by atoms with E-state index in [1.54, 1.807) is 0 Å². The number of carbonyl (C=O) groups excluding carboxylic acids is 1. The van der Waals surface area contributed by atoms with Gasteiger partial charge in [-0.05, 0) is 62.7 Å². The number of amides is 1. The van der Waals surface area contributed by atoms with Crippen molar-refractivity contribution >= 4 is 17.3 Å². The Hall–Kier alpha value is -3.88. The lowest BCUT2D eigenvalue weighted by atomic mass is 9.86. The van der Waals surface area contributed by atoms with Gasteiger partial charge in [-0.2, -0.15) is 0 Å². The van der Waals surface area contributed by atoms with E-state index in [1.165, 1.54) is 5.57 Å². The molecule has 47 heavy (non-hydrogen) atoms. The second-order valence-corrected chi connectivity index (χ2v) is 12.8. The van der Waals surface area contributed by atoms with Crippen LogP contribution < -0.4 is 26.5 Å². The minimum Gasteiger partial charge on any atom is -0.492 e. The number of allylic oxidation sites excluding steroid dienone is 2. The van der Waals surface area contributed by atoms with Gasteiger partial charge in [-0.25, -0.2) is 24.6 Å². The summed E-state index contributed by atoms with van der Waals surface area (Å²) in [5.74, 6) is -0.296. The van der Waals surface area contributed by atoms with Gasteiger partial charge in [-0.3, -0.25) is 20.1 Å². The fourth-order valence-electron chi connectivity index (χ4n) is 7.26. The minimum atomic E-state index is -0.724. The van der Waals surface area contributed by atoms with Crippen LogP contribution in [0, 0.1) is 11.6 Å². The standard InChI is InChI=1S/C34H43F2N9O2/c1-3-42-13-15-43(16-14-42)22-34(39-33(46)27-17-24(35)6-7-29(27)36)9-11-44(12-10-34)30-8-5-23(19-37-30)26-18-25(47-4-2)21-45-31(26)28-20-38-40-32(28)41-45/h5-8,17-19,21,32,38,40-41H,3-4,9-16,20,22H2,1-2H3,(H,39,46). The Morgan fingerprint density at radius 3 is 2.57 bits per heavy atom. The summed E-state index contributed by atoms with van der Waals surface area (Å²) in [6, 6.07) is 7.16. The van der Waals surface area contributed by atoms with E-state index >= 15 is 0 Å². The number of nitrogens with one attached hydrogen (secondary N) is 4. The Labute approximate surface area is 274 Å². The van der Waals surface area contributed by atoms with Crippen molar-refractivity contribution in [1.29, 1.82) is 0 Å². The number of hydrogen-bond donors (Lipinski definition) is 4. The monoisotopic (exact) mass is 647 g/mol. The number of ether oxygens (including phenoxy) is 1. The third kappa shape index (κ3) is 6.50. The van der Waals surface area contributed by atoms with Gasteiger partial charge in [0, 0.05) is 75.3 Å². The lowest BCUT2D eigenvalue weighted by molar-refractivity contribution is 0.0727. The highest BCUT2D eigenvalue weighted by Crippen LogP contribution is 2.38. The van der Waals surface area contributed by atoms with Crippen LogP contribution in [0.25, 0.3) is 5.57 Å². The number of likely N-dealkylation sites (N-methyl/N-ethyl adjacent to an activating group) is 1. The number of hydrogen-bond acceptors (Lipinski definition) is 10. The van der Waals surface area contributed by atoms with E-state index in [4.69, 9.17) is 9.72 Å². The van der Waals surface area contributed by atoms with Crippen LogP contribution in [0.2, 0.25) is 0 Å². The molecule has 4 N–H and O–H groups in total. The Bertz CT molecular complexity index is 1580. The van der Waals surface area contributed by atoms with Crippen LogP contribution in [0.4, 0.5) is 14.6 Å². The van der Waals surface area contributed by atoms with Crippen molar-refractivity contribution in [3.63, 3.8) is 0 Å². The molecule has 3 fully saturated rings. The normalized spacial score (nSPS) is 22.9.